The van der Waals surface area contributed by atoms with Crippen molar-refractivity contribution in [2.24, 2.45) is 11.8 Å². The lowest BCUT2D eigenvalue weighted by Crippen LogP contribution is -2.23. The molecule has 12 heavy (non-hydrogen) atoms. The zero-order chi connectivity index (χ0) is 8.55. The lowest BCUT2D eigenvalue weighted by atomic mass is 9.81. The zero-order valence-electron chi connectivity index (χ0n) is 6.82. The van der Waals surface area contributed by atoms with Gasteiger partial charge >= 0.3 is 5.97 Å². The SMILES string of the molecule is N#C[C@@H]1C(=O)O[C@H]2CCCC[C@@H]21. The molecule has 0 radical (unpaired) electrons. The van der Waals surface area contributed by atoms with Gasteiger partial charge in [0.25, 0.3) is 0 Å². The summed E-state index contributed by atoms with van der Waals surface area (Å²) in [6.07, 6.45) is 4.25. The number of carbonyl (C=O) groups is 1. The highest BCUT2D eigenvalue weighted by atomic mass is 16.6. The molecule has 0 aromatic carbocycles. The standard InChI is InChI=1S/C9H11NO2/c10-5-7-6-3-1-2-4-8(6)12-9(7)11/h6-8H,1-4H2/t6-,7+,8+/m1/s1. The summed E-state index contributed by atoms with van der Waals surface area (Å²) in [6, 6.07) is 2.04. The molecule has 1 heterocycles. The van der Waals surface area contributed by atoms with Crippen molar-refractivity contribution < 1.29 is 9.53 Å². The maximum atomic E-state index is 11.1. The van der Waals surface area contributed by atoms with E-state index in [-0.39, 0.29) is 18.0 Å². The van der Waals surface area contributed by atoms with Crippen LogP contribution in [0.25, 0.3) is 0 Å². The Bertz CT molecular complexity index is 243. The van der Waals surface area contributed by atoms with Crippen LogP contribution < -0.4 is 0 Å². The summed E-state index contributed by atoms with van der Waals surface area (Å²) in [5.41, 5.74) is 0. The minimum absolute atomic E-state index is 0.0518. The largest absolute Gasteiger partial charge is 0.461 e. The number of ether oxygens (including phenoxy) is 1. The fourth-order valence-corrected chi connectivity index (χ4v) is 2.20. The van der Waals surface area contributed by atoms with E-state index in [0.29, 0.717) is 0 Å². The molecule has 0 aromatic rings. The third-order valence-corrected chi connectivity index (χ3v) is 2.84. The Balaban J connectivity index is 2.17. The maximum absolute atomic E-state index is 11.1. The second-order valence-corrected chi connectivity index (χ2v) is 3.53. The molecule has 0 spiro atoms. The highest BCUT2D eigenvalue weighted by molar-refractivity contribution is 5.78. The van der Waals surface area contributed by atoms with Gasteiger partial charge in [-0.15, -0.1) is 0 Å². The van der Waals surface area contributed by atoms with Gasteiger partial charge in [-0.1, -0.05) is 6.42 Å². The van der Waals surface area contributed by atoms with Crippen molar-refractivity contribution >= 4 is 5.97 Å². The molecule has 0 unspecified atom stereocenters. The fourth-order valence-electron chi connectivity index (χ4n) is 2.20. The predicted molar refractivity (Wildman–Crippen MR) is 40.9 cm³/mol. The topological polar surface area (TPSA) is 50.1 Å². The number of carbonyl (C=O) groups excluding carboxylic acids is 1. The van der Waals surface area contributed by atoms with Crippen LogP contribution >= 0.6 is 0 Å². The molecular formula is C9H11NO2. The minimum atomic E-state index is -0.477. The van der Waals surface area contributed by atoms with Gasteiger partial charge in [0.1, 0.15) is 12.0 Å². The molecule has 0 N–H and O–H groups in total. The quantitative estimate of drug-likeness (QED) is 0.507. The average Bonchev–Trinajstić information content (AvgIpc) is 2.40. The third-order valence-electron chi connectivity index (χ3n) is 2.84. The van der Waals surface area contributed by atoms with Crippen LogP contribution in [0.5, 0.6) is 0 Å². The summed E-state index contributed by atoms with van der Waals surface area (Å²) in [5.74, 6) is -0.582. The molecule has 3 nitrogen and oxygen atoms in total. The van der Waals surface area contributed by atoms with E-state index in [0.717, 1.165) is 25.7 Å². The highest BCUT2D eigenvalue weighted by Crippen LogP contribution is 2.38. The van der Waals surface area contributed by atoms with Crippen molar-refractivity contribution in [3.8, 4) is 6.07 Å². The summed E-state index contributed by atoms with van der Waals surface area (Å²) < 4.78 is 5.11. The Kier molecular flexibility index (Phi) is 1.76. The smallest absolute Gasteiger partial charge is 0.324 e. The number of hydrogen-bond donors (Lipinski definition) is 0. The van der Waals surface area contributed by atoms with Crippen LogP contribution in [0.1, 0.15) is 25.7 Å². The Morgan fingerprint density at radius 2 is 2.17 bits per heavy atom. The molecule has 3 atom stereocenters. The van der Waals surface area contributed by atoms with Crippen molar-refractivity contribution in [3.63, 3.8) is 0 Å². The van der Waals surface area contributed by atoms with Crippen molar-refractivity contribution in [3.05, 3.63) is 0 Å². The van der Waals surface area contributed by atoms with Crippen molar-refractivity contribution in [2.45, 2.75) is 31.8 Å². The van der Waals surface area contributed by atoms with Crippen LogP contribution in [0.2, 0.25) is 0 Å². The fraction of sp³-hybridized carbons (Fsp3) is 0.778. The Hall–Kier alpha value is -1.04. The van der Waals surface area contributed by atoms with Crippen LogP contribution in [-0.2, 0) is 9.53 Å². The van der Waals surface area contributed by atoms with E-state index in [1.54, 1.807) is 0 Å². The molecule has 3 heteroatoms. The van der Waals surface area contributed by atoms with Gasteiger partial charge in [0.15, 0.2) is 0 Å². The van der Waals surface area contributed by atoms with E-state index in [9.17, 15) is 4.79 Å². The van der Waals surface area contributed by atoms with Crippen LogP contribution in [0, 0.1) is 23.2 Å². The minimum Gasteiger partial charge on any atom is -0.461 e. The average molecular weight is 165 g/mol. The lowest BCUT2D eigenvalue weighted by molar-refractivity contribution is -0.143. The summed E-state index contributed by atoms with van der Waals surface area (Å²) in [7, 11) is 0. The lowest BCUT2D eigenvalue weighted by Gasteiger charge is -2.22. The van der Waals surface area contributed by atoms with Gasteiger partial charge in [0.05, 0.1) is 6.07 Å². The second kappa shape index (κ2) is 2.78. The van der Waals surface area contributed by atoms with Gasteiger partial charge in [0.2, 0.25) is 0 Å². The van der Waals surface area contributed by atoms with Crippen LogP contribution in [0.15, 0.2) is 0 Å². The molecule has 2 aliphatic rings. The summed E-state index contributed by atoms with van der Waals surface area (Å²) in [5, 5.41) is 8.72. The molecule has 1 aliphatic carbocycles. The first-order valence-corrected chi connectivity index (χ1v) is 4.43. The highest BCUT2D eigenvalue weighted by Gasteiger charge is 2.45. The van der Waals surface area contributed by atoms with Gasteiger partial charge in [0, 0.05) is 5.92 Å². The molecule has 1 saturated carbocycles. The van der Waals surface area contributed by atoms with E-state index in [2.05, 4.69) is 0 Å². The number of nitriles is 1. The molecular weight excluding hydrogens is 154 g/mol. The monoisotopic (exact) mass is 165 g/mol. The van der Waals surface area contributed by atoms with E-state index in [1.807, 2.05) is 6.07 Å². The van der Waals surface area contributed by atoms with E-state index in [4.69, 9.17) is 10.00 Å². The summed E-state index contributed by atoms with van der Waals surface area (Å²) in [6.45, 7) is 0. The van der Waals surface area contributed by atoms with Crippen molar-refractivity contribution in [1.82, 2.24) is 0 Å². The molecule has 1 aliphatic heterocycles. The number of rotatable bonds is 0. The van der Waals surface area contributed by atoms with Gasteiger partial charge in [-0.05, 0) is 19.3 Å². The molecule has 64 valence electrons. The Labute approximate surface area is 71.3 Å². The Morgan fingerprint density at radius 1 is 1.42 bits per heavy atom. The Morgan fingerprint density at radius 3 is 2.92 bits per heavy atom. The molecule has 0 amide bonds. The third kappa shape index (κ3) is 0.989. The number of hydrogen-bond acceptors (Lipinski definition) is 3. The number of nitrogens with zero attached hydrogens (tertiary/aromatic N) is 1. The van der Waals surface area contributed by atoms with Crippen LogP contribution in [0.3, 0.4) is 0 Å². The normalized spacial score (nSPS) is 39.9. The molecule has 0 aromatic heterocycles. The first-order valence-electron chi connectivity index (χ1n) is 4.43. The first-order chi connectivity index (χ1) is 5.83. The van der Waals surface area contributed by atoms with Crippen LogP contribution in [0.4, 0.5) is 0 Å². The zero-order valence-corrected chi connectivity index (χ0v) is 6.82. The molecule has 2 fully saturated rings. The van der Waals surface area contributed by atoms with Gasteiger partial charge < -0.3 is 4.74 Å². The molecule has 2 rings (SSSR count). The van der Waals surface area contributed by atoms with E-state index >= 15 is 0 Å². The second-order valence-electron chi connectivity index (χ2n) is 3.53. The summed E-state index contributed by atoms with van der Waals surface area (Å²) >= 11 is 0. The van der Waals surface area contributed by atoms with Crippen molar-refractivity contribution in [2.75, 3.05) is 0 Å². The van der Waals surface area contributed by atoms with E-state index in [1.165, 1.54) is 0 Å². The molecule has 1 saturated heterocycles. The van der Waals surface area contributed by atoms with Gasteiger partial charge in [-0.2, -0.15) is 5.26 Å². The summed E-state index contributed by atoms with van der Waals surface area (Å²) in [4.78, 5) is 11.1. The van der Waals surface area contributed by atoms with Crippen molar-refractivity contribution in [1.29, 1.82) is 5.26 Å². The van der Waals surface area contributed by atoms with Gasteiger partial charge in [-0.25, -0.2) is 0 Å². The predicted octanol–water partition coefficient (Wildman–Crippen LogP) is 1.24. The maximum Gasteiger partial charge on any atom is 0.324 e. The molecule has 0 bridgehead atoms. The van der Waals surface area contributed by atoms with Gasteiger partial charge in [-0.3, -0.25) is 4.79 Å². The number of esters is 1. The van der Waals surface area contributed by atoms with E-state index < -0.39 is 5.92 Å². The number of fused-ring (bicyclic) bond motifs is 1. The first kappa shape index (κ1) is 7.60. The van der Waals surface area contributed by atoms with Crippen LogP contribution in [-0.4, -0.2) is 12.1 Å².